The zero-order valence-corrected chi connectivity index (χ0v) is 15.6. The topological polar surface area (TPSA) is 74.8 Å². The minimum Gasteiger partial charge on any atom is -0.492 e. The first-order valence-electron chi connectivity index (χ1n) is 8.77. The molecule has 1 amide bonds. The van der Waals surface area contributed by atoms with Crippen molar-refractivity contribution in [3.8, 4) is 5.75 Å². The molecule has 0 atom stereocenters. The molecule has 6 nitrogen and oxygen atoms in total. The average Bonchev–Trinajstić information content (AvgIpc) is 2.65. The van der Waals surface area contributed by atoms with Crippen molar-refractivity contribution < 1.29 is 13.9 Å². The first-order chi connectivity index (χ1) is 13.1. The van der Waals surface area contributed by atoms with E-state index in [2.05, 4.69) is 20.9 Å². The first-order valence-corrected chi connectivity index (χ1v) is 8.77. The lowest BCUT2D eigenvalue weighted by Crippen LogP contribution is -2.40. The number of aliphatic imine (C=N–C) groups is 1. The number of rotatable bonds is 8. The van der Waals surface area contributed by atoms with Crippen molar-refractivity contribution in [2.45, 2.75) is 13.3 Å². The van der Waals surface area contributed by atoms with Gasteiger partial charge in [-0.25, -0.2) is 4.39 Å². The van der Waals surface area contributed by atoms with Crippen LogP contribution in [-0.4, -0.2) is 38.6 Å². The fraction of sp³-hybridized carbons (Fsp3) is 0.300. The third kappa shape index (κ3) is 7.35. The summed E-state index contributed by atoms with van der Waals surface area (Å²) in [6.45, 7) is 3.00. The number of anilines is 1. The molecule has 0 aliphatic rings. The summed E-state index contributed by atoms with van der Waals surface area (Å²) < 4.78 is 19.3. The SMILES string of the molecule is CN=C(NCCOc1cccc(NC(C)=O)c1)NCCc1ccccc1F. The van der Waals surface area contributed by atoms with E-state index >= 15 is 0 Å². The van der Waals surface area contributed by atoms with Gasteiger partial charge in [-0.15, -0.1) is 0 Å². The minimum atomic E-state index is -0.197. The van der Waals surface area contributed by atoms with Gasteiger partial charge in [0.2, 0.25) is 5.91 Å². The van der Waals surface area contributed by atoms with Gasteiger partial charge in [0.05, 0.1) is 6.54 Å². The molecule has 0 aliphatic heterocycles. The van der Waals surface area contributed by atoms with Gasteiger partial charge >= 0.3 is 0 Å². The molecule has 0 fully saturated rings. The normalized spacial score (nSPS) is 11.0. The van der Waals surface area contributed by atoms with Crippen LogP contribution in [0.2, 0.25) is 0 Å². The molecule has 0 unspecified atom stereocenters. The maximum Gasteiger partial charge on any atom is 0.221 e. The highest BCUT2D eigenvalue weighted by Gasteiger charge is 2.02. The predicted octanol–water partition coefficient (Wildman–Crippen LogP) is 2.57. The molecule has 2 aromatic carbocycles. The number of hydrogen-bond donors (Lipinski definition) is 3. The number of carbonyl (C=O) groups is 1. The lowest BCUT2D eigenvalue weighted by molar-refractivity contribution is -0.114. The molecule has 144 valence electrons. The van der Waals surface area contributed by atoms with Crippen LogP contribution in [0.4, 0.5) is 10.1 Å². The summed E-state index contributed by atoms with van der Waals surface area (Å²) in [5.74, 6) is 0.976. The summed E-state index contributed by atoms with van der Waals surface area (Å²) in [5.41, 5.74) is 1.36. The molecule has 3 N–H and O–H groups in total. The van der Waals surface area contributed by atoms with Gasteiger partial charge in [-0.05, 0) is 30.2 Å². The van der Waals surface area contributed by atoms with E-state index < -0.39 is 0 Å². The van der Waals surface area contributed by atoms with Crippen LogP contribution in [0.5, 0.6) is 5.75 Å². The summed E-state index contributed by atoms with van der Waals surface area (Å²) in [7, 11) is 1.68. The van der Waals surface area contributed by atoms with Gasteiger partial charge in [0, 0.05) is 32.3 Å². The number of hydrogen-bond acceptors (Lipinski definition) is 3. The maximum absolute atomic E-state index is 13.6. The average molecular weight is 372 g/mol. The molecular weight excluding hydrogens is 347 g/mol. The van der Waals surface area contributed by atoms with Gasteiger partial charge in [-0.3, -0.25) is 9.79 Å². The predicted molar refractivity (Wildman–Crippen MR) is 106 cm³/mol. The van der Waals surface area contributed by atoms with Crippen molar-refractivity contribution in [3.05, 3.63) is 59.9 Å². The standard InChI is InChI=1S/C20H25FN4O2/c1-15(26)25-17-7-5-8-18(14-17)27-13-12-24-20(22-2)23-11-10-16-6-3-4-9-19(16)21/h3-9,14H,10-13H2,1-2H3,(H,25,26)(H2,22,23,24). The summed E-state index contributed by atoms with van der Waals surface area (Å²) in [6.07, 6.45) is 0.569. The van der Waals surface area contributed by atoms with E-state index in [4.69, 9.17) is 4.74 Å². The van der Waals surface area contributed by atoms with E-state index in [1.807, 2.05) is 18.2 Å². The molecule has 0 spiro atoms. The van der Waals surface area contributed by atoms with Gasteiger partial charge < -0.3 is 20.7 Å². The van der Waals surface area contributed by atoms with Crippen molar-refractivity contribution in [1.82, 2.24) is 10.6 Å². The van der Waals surface area contributed by atoms with Crippen molar-refractivity contribution in [2.24, 2.45) is 4.99 Å². The van der Waals surface area contributed by atoms with Crippen LogP contribution in [0.25, 0.3) is 0 Å². The molecule has 0 heterocycles. The van der Waals surface area contributed by atoms with Crippen LogP contribution in [-0.2, 0) is 11.2 Å². The Bertz CT molecular complexity index is 780. The molecule has 2 aromatic rings. The molecule has 0 bridgehead atoms. The van der Waals surface area contributed by atoms with Crippen LogP contribution in [0.3, 0.4) is 0 Å². The van der Waals surface area contributed by atoms with Gasteiger partial charge in [0.25, 0.3) is 0 Å². The van der Waals surface area contributed by atoms with Crippen molar-refractivity contribution in [2.75, 3.05) is 32.1 Å². The third-order valence-electron chi connectivity index (χ3n) is 3.69. The molecule has 0 aliphatic carbocycles. The zero-order valence-electron chi connectivity index (χ0n) is 15.6. The monoisotopic (exact) mass is 372 g/mol. The third-order valence-corrected chi connectivity index (χ3v) is 3.69. The number of nitrogens with zero attached hydrogens (tertiary/aromatic N) is 1. The zero-order chi connectivity index (χ0) is 19.5. The Morgan fingerprint density at radius 2 is 1.89 bits per heavy atom. The summed E-state index contributed by atoms with van der Waals surface area (Å²) in [5, 5.41) is 8.99. The fourth-order valence-corrected chi connectivity index (χ4v) is 2.44. The van der Waals surface area contributed by atoms with Crippen LogP contribution in [0.15, 0.2) is 53.5 Å². The van der Waals surface area contributed by atoms with Crippen LogP contribution >= 0.6 is 0 Å². The van der Waals surface area contributed by atoms with E-state index in [1.54, 1.807) is 31.3 Å². The van der Waals surface area contributed by atoms with E-state index in [0.717, 1.165) is 0 Å². The minimum absolute atomic E-state index is 0.126. The van der Waals surface area contributed by atoms with Crippen molar-refractivity contribution in [1.29, 1.82) is 0 Å². The highest BCUT2D eigenvalue weighted by Crippen LogP contribution is 2.17. The number of guanidine groups is 1. The number of benzene rings is 2. The molecule has 2 rings (SSSR count). The number of amides is 1. The Balaban J connectivity index is 1.69. The lowest BCUT2D eigenvalue weighted by Gasteiger charge is -2.13. The number of nitrogens with one attached hydrogen (secondary N) is 3. The highest BCUT2D eigenvalue weighted by atomic mass is 19.1. The maximum atomic E-state index is 13.6. The Morgan fingerprint density at radius 3 is 2.63 bits per heavy atom. The Labute approximate surface area is 158 Å². The van der Waals surface area contributed by atoms with Crippen molar-refractivity contribution in [3.63, 3.8) is 0 Å². The Hall–Kier alpha value is -3.09. The summed E-state index contributed by atoms with van der Waals surface area (Å²) in [4.78, 5) is 15.2. The van der Waals surface area contributed by atoms with Gasteiger partial charge in [0.1, 0.15) is 18.2 Å². The van der Waals surface area contributed by atoms with Gasteiger partial charge in [-0.1, -0.05) is 24.3 Å². The Morgan fingerprint density at radius 1 is 1.11 bits per heavy atom. The van der Waals surface area contributed by atoms with E-state index in [-0.39, 0.29) is 11.7 Å². The molecular formula is C20H25FN4O2. The van der Waals surface area contributed by atoms with E-state index in [9.17, 15) is 9.18 Å². The highest BCUT2D eigenvalue weighted by molar-refractivity contribution is 5.88. The quantitative estimate of drug-likeness (QED) is 0.378. The second-order valence-electron chi connectivity index (χ2n) is 5.82. The number of halogens is 1. The molecule has 0 aromatic heterocycles. The summed E-state index contributed by atoms with van der Waals surface area (Å²) in [6, 6.07) is 13.9. The largest absolute Gasteiger partial charge is 0.492 e. The lowest BCUT2D eigenvalue weighted by atomic mass is 10.1. The van der Waals surface area contributed by atoms with E-state index in [1.165, 1.54) is 13.0 Å². The number of carbonyl (C=O) groups excluding carboxylic acids is 1. The first kappa shape index (κ1) is 20.2. The van der Waals surface area contributed by atoms with Gasteiger partial charge in [-0.2, -0.15) is 0 Å². The molecule has 0 saturated carbocycles. The van der Waals surface area contributed by atoms with E-state index in [0.29, 0.717) is 49.1 Å². The summed E-state index contributed by atoms with van der Waals surface area (Å²) >= 11 is 0. The molecule has 0 radical (unpaired) electrons. The molecule has 27 heavy (non-hydrogen) atoms. The molecule has 0 saturated heterocycles. The second kappa shape index (κ2) is 10.8. The van der Waals surface area contributed by atoms with Crippen LogP contribution < -0.4 is 20.7 Å². The van der Waals surface area contributed by atoms with Crippen LogP contribution in [0, 0.1) is 5.82 Å². The van der Waals surface area contributed by atoms with Gasteiger partial charge in [0.15, 0.2) is 5.96 Å². The molecule has 7 heteroatoms. The fourth-order valence-electron chi connectivity index (χ4n) is 2.44. The number of ether oxygens (including phenoxy) is 1. The van der Waals surface area contributed by atoms with Crippen molar-refractivity contribution >= 4 is 17.6 Å². The second-order valence-corrected chi connectivity index (χ2v) is 5.82. The van der Waals surface area contributed by atoms with Crippen LogP contribution in [0.1, 0.15) is 12.5 Å². The smallest absolute Gasteiger partial charge is 0.221 e. The Kier molecular flexibility index (Phi) is 8.09.